The average Bonchev–Trinajstić information content (AvgIpc) is 2.29. The Bertz CT molecular complexity index is 420. The van der Waals surface area contributed by atoms with E-state index < -0.39 is 0 Å². The van der Waals surface area contributed by atoms with Crippen LogP contribution < -0.4 is 4.74 Å². The van der Waals surface area contributed by atoms with Crippen LogP contribution in [0.25, 0.3) is 0 Å². The number of Topliss-reactive ketones (excluding diaryl/α,β-unsaturated/α-hetero) is 1. The van der Waals surface area contributed by atoms with E-state index in [1.165, 1.54) is 0 Å². The number of rotatable bonds is 3. The number of carbonyl (C=O) groups is 1. The molecule has 0 saturated carbocycles. The lowest BCUT2D eigenvalue weighted by Crippen LogP contribution is -2.17. The summed E-state index contributed by atoms with van der Waals surface area (Å²) in [6, 6.07) is 7.96. The molecule has 0 saturated heterocycles. The second kappa shape index (κ2) is 4.52. The predicted octanol–water partition coefficient (Wildman–Crippen LogP) is 3.09. The molecule has 0 fully saturated rings. The van der Waals surface area contributed by atoms with Crippen molar-refractivity contribution >= 4 is 5.78 Å². The van der Waals surface area contributed by atoms with Gasteiger partial charge in [0.05, 0.1) is 6.61 Å². The summed E-state index contributed by atoms with van der Waals surface area (Å²) in [5.74, 6) is 1.36. The molecule has 2 nitrogen and oxygen atoms in total. The molecule has 0 amide bonds. The third-order valence-electron chi connectivity index (χ3n) is 2.99. The van der Waals surface area contributed by atoms with Gasteiger partial charge >= 0.3 is 0 Å². The molecule has 1 aliphatic heterocycles. The first-order valence-corrected chi connectivity index (χ1v) is 5.59. The van der Waals surface area contributed by atoms with Gasteiger partial charge in [-0.25, -0.2) is 0 Å². The van der Waals surface area contributed by atoms with E-state index in [2.05, 4.69) is 6.58 Å². The maximum atomic E-state index is 11.7. The van der Waals surface area contributed by atoms with Gasteiger partial charge in [0.25, 0.3) is 0 Å². The first-order valence-electron chi connectivity index (χ1n) is 5.59. The summed E-state index contributed by atoms with van der Waals surface area (Å²) in [4.78, 5) is 11.7. The van der Waals surface area contributed by atoms with Crippen molar-refractivity contribution < 1.29 is 9.53 Å². The number of fused-ring (bicyclic) bond motifs is 1. The van der Waals surface area contributed by atoms with Gasteiger partial charge in [-0.05, 0) is 36.5 Å². The van der Waals surface area contributed by atoms with E-state index >= 15 is 0 Å². The SMILES string of the molecule is C=C(C)C(=O)CC1CCOc2ccccc21. The molecule has 1 unspecified atom stereocenters. The Morgan fingerprint density at radius 2 is 2.25 bits per heavy atom. The van der Waals surface area contributed by atoms with Gasteiger partial charge < -0.3 is 4.74 Å². The highest BCUT2D eigenvalue weighted by atomic mass is 16.5. The van der Waals surface area contributed by atoms with E-state index in [0.29, 0.717) is 18.6 Å². The monoisotopic (exact) mass is 216 g/mol. The number of benzene rings is 1. The maximum Gasteiger partial charge on any atom is 0.158 e. The summed E-state index contributed by atoms with van der Waals surface area (Å²) >= 11 is 0. The molecule has 0 N–H and O–H groups in total. The molecule has 2 rings (SSSR count). The quantitative estimate of drug-likeness (QED) is 0.726. The molecular formula is C14H16O2. The van der Waals surface area contributed by atoms with E-state index in [1.807, 2.05) is 24.3 Å². The minimum absolute atomic E-state index is 0.154. The minimum atomic E-state index is 0.154. The summed E-state index contributed by atoms with van der Waals surface area (Å²) < 4.78 is 5.56. The number of ketones is 1. The molecule has 2 heteroatoms. The summed E-state index contributed by atoms with van der Waals surface area (Å²) in [6.07, 6.45) is 1.46. The van der Waals surface area contributed by atoms with Crippen molar-refractivity contribution in [1.29, 1.82) is 0 Å². The third-order valence-corrected chi connectivity index (χ3v) is 2.99. The van der Waals surface area contributed by atoms with Crippen molar-refractivity contribution in [1.82, 2.24) is 0 Å². The molecule has 0 spiro atoms. The van der Waals surface area contributed by atoms with Crippen LogP contribution >= 0.6 is 0 Å². The van der Waals surface area contributed by atoms with E-state index in [-0.39, 0.29) is 11.7 Å². The summed E-state index contributed by atoms with van der Waals surface area (Å²) in [5, 5.41) is 0. The largest absolute Gasteiger partial charge is 0.493 e. The van der Waals surface area contributed by atoms with Gasteiger partial charge in [0.2, 0.25) is 0 Å². The molecule has 1 aliphatic rings. The molecule has 1 aromatic rings. The number of allylic oxidation sites excluding steroid dienone is 1. The van der Waals surface area contributed by atoms with E-state index in [0.717, 1.165) is 17.7 Å². The zero-order valence-corrected chi connectivity index (χ0v) is 9.53. The zero-order valence-electron chi connectivity index (χ0n) is 9.53. The highest BCUT2D eigenvalue weighted by Gasteiger charge is 2.23. The van der Waals surface area contributed by atoms with Crippen molar-refractivity contribution in [3.63, 3.8) is 0 Å². The van der Waals surface area contributed by atoms with Crippen LogP contribution in [0.15, 0.2) is 36.4 Å². The molecule has 0 bridgehead atoms. The van der Waals surface area contributed by atoms with E-state index in [1.54, 1.807) is 6.92 Å². The van der Waals surface area contributed by atoms with E-state index in [4.69, 9.17) is 4.74 Å². The fourth-order valence-electron chi connectivity index (χ4n) is 2.03. The van der Waals surface area contributed by atoms with Crippen LogP contribution in [0.3, 0.4) is 0 Å². The van der Waals surface area contributed by atoms with E-state index in [9.17, 15) is 4.79 Å². The summed E-state index contributed by atoms with van der Waals surface area (Å²) in [5.41, 5.74) is 1.80. The Labute approximate surface area is 95.9 Å². The van der Waals surface area contributed by atoms with Gasteiger partial charge in [0.1, 0.15) is 5.75 Å². The van der Waals surface area contributed by atoms with Crippen molar-refractivity contribution in [2.45, 2.75) is 25.7 Å². The zero-order chi connectivity index (χ0) is 11.5. The third kappa shape index (κ3) is 2.16. The molecule has 16 heavy (non-hydrogen) atoms. The van der Waals surface area contributed by atoms with Crippen molar-refractivity contribution in [2.24, 2.45) is 0 Å². The Hall–Kier alpha value is -1.57. The van der Waals surface area contributed by atoms with Crippen LogP contribution in [-0.4, -0.2) is 12.4 Å². The fraction of sp³-hybridized carbons (Fsp3) is 0.357. The van der Waals surface area contributed by atoms with Crippen LogP contribution in [-0.2, 0) is 4.79 Å². The Balaban J connectivity index is 2.19. The average molecular weight is 216 g/mol. The van der Waals surface area contributed by atoms with Crippen LogP contribution in [0.5, 0.6) is 5.75 Å². The Kier molecular flexibility index (Phi) is 3.09. The summed E-state index contributed by atoms with van der Waals surface area (Å²) in [7, 11) is 0. The lowest BCUT2D eigenvalue weighted by Gasteiger charge is -2.25. The van der Waals surface area contributed by atoms with Crippen molar-refractivity contribution in [2.75, 3.05) is 6.61 Å². The number of para-hydroxylation sites is 1. The Morgan fingerprint density at radius 3 is 3.00 bits per heavy atom. The van der Waals surface area contributed by atoms with Gasteiger partial charge in [0, 0.05) is 6.42 Å². The minimum Gasteiger partial charge on any atom is -0.493 e. The molecule has 1 atom stereocenters. The molecule has 0 aliphatic carbocycles. The smallest absolute Gasteiger partial charge is 0.158 e. The highest BCUT2D eigenvalue weighted by molar-refractivity contribution is 5.94. The summed E-state index contributed by atoms with van der Waals surface area (Å²) in [6.45, 7) is 6.17. The molecule has 0 aromatic heterocycles. The number of hydrogen-bond donors (Lipinski definition) is 0. The maximum absolute atomic E-state index is 11.7. The van der Waals surface area contributed by atoms with Crippen molar-refractivity contribution in [3.05, 3.63) is 42.0 Å². The molecule has 0 radical (unpaired) electrons. The second-order valence-electron chi connectivity index (χ2n) is 4.28. The molecular weight excluding hydrogens is 200 g/mol. The van der Waals surface area contributed by atoms with Gasteiger partial charge in [-0.2, -0.15) is 0 Å². The topological polar surface area (TPSA) is 26.3 Å². The Morgan fingerprint density at radius 1 is 1.50 bits per heavy atom. The number of hydrogen-bond acceptors (Lipinski definition) is 2. The molecule has 1 heterocycles. The molecule has 84 valence electrons. The fourth-order valence-corrected chi connectivity index (χ4v) is 2.03. The van der Waals surface area contributed by atoms with Crippen LogP contribution in [0.1, 0.15) is 31.2 Å². The predicted molar refractivity (Wildman–Crippen MR) is 63.7 cm³/mol. The van der Waals surface area contributed by atoms with Crippen LogP contribution in [0, 0.1) is 0 Å². The van der Waals surface area contributed by atoms with Gasteiger partial charge in [0.15, 0.2) is 5.78 Å². The van der Waals surface area contributed by atoms with Crippen LogP contribution in [0.4, 0.5) is 0 Å². The van der Waals surface area contributed by atoms with Gasteiger partial charge in [-0.3, -0.25) is 4.79 Å². The number of carbonyl (C=O) groups excluding carboxylic acids is 1. The lowest BCUT2D eigenvalue weighted by atomic mass is 9.88. The highest BCUT2D eigenvalue weighted by Crippen LogP contribution is 2.35. The standard InChI is InChI=1S/C14H16O2/c1-10(2)13(15)9-11-7-8-16-14-6-4-3-5-12(11)14/h3-6,11H,1,7-9H2,2H3. The van der Waals surface area contributed by atoms with Gasteiger partial charge in [-0.1, -0.05) is 24.8 Å². The normalized spacial score (nSPS) is 18.4. The van der Waals surface area contributed by atoms with Crippen molar-refractivity contribution in [3.8, 4) is 5.75 Å². The molecule has 1 aromatic carbocycles. The second-order valence-corrected chi connectivity index (χ2v) is 4.28. The van der Waals surface area contributed by atoms with Gasteiger partial charge in [-0.15, -0.1) is 0 Å². The first-order chi connectivity index (χ1) is 7.68. The van der Waals surface area contributed by atoms with Crippen LogP contribution in [0.2, 0.25) is 0 Å². The number of ether oxygens (including phenoxy) is 1. The lowest BCUT2D eigenvalue weighted by molar-refractivity contribution is -0.116. The first kappa shape index (κ1) is 10.9.